The van der Waals surface area contributed by atoms with Crippen LogP contribution in [0.5, 0.6) is 11.6 Å². The van der Waals surface area contributed by atoms with Crippen LogP contribution in [0.25, 0.3) is 0 Å². The summed E-state index contributed by atoms with van der Waals surface area (Å²) < 4.78 is 34.5. The van der Waals surface area contributed by atoms with Crippen LogP contribution in [-0.4, -0.2) is 36.7 Å². The third kappa shape index (κ3) is 5.86. The second-order valence-corrected chi connectivity index (χ2v) is 11.7. The summed E-state index contributed by atoms with van der Waals surface area (Å²) in [7, 11) is -3.66. The molecule has 1 saturated heterocycles. The molecule has 0 bridgehead atoms. The molecule has 0 aliphatic carbocycles. The molecule has 1 aliphatic rings. The van der Waals surface area contributed by atoms with Gasteiger partial charge in [0.1, 0.15) is 5.75 Å². The summed E-state index contributed by atoms with van der Waals surface area (Å²) in [5.74, 6) is 0.695. The molecular weight excluding hydrogens is 586 g/mol. The first-order valence-electron chi connectivity index (χ1n) is 10.7. The van der Waals surface area contributed by atoms with Crippen molar-refractivity contribution in [3.63, 3.8) is 0 Å². The minimum Gasteiger partial charge on any atom is -0.439 e. The van der Waals surface area contributed by atoms with Gasteiger partial charge in [0.05, 0.1) is 16.8 Å². The number of nitrogens with zero attached hydrogens (tertiary/aromatic N) is 2. The van der Waals surface area contributed by atoms with Gasteiger partial charge >= 0.3 is 0 Å². The summed E-state index contributed by atoms with van der Waals surface area (Å²) in [6.45, 7) is 2.56. The number of carbonyl (C=O) groups excluding carboxylic acids is 1. The highest BCUT2D eigenvalue weighted by Crippen LogP contribution is 2.31. The standard InChI is InChI=1S/C24H23Br2N3O4S/c1-16-2-6-20(7-3-16)33-23-9-5-19(15-27-23)28-24(30)17-10-12-29(13-11-17)34(31,32)22-14-18(25)4-8-21(22)26/h2-9,14-15,17H,10-13H2,1H3,(H,28,30). The highest BCUT2D eigenvalue weighted by atomic mass is 79.9. The zero-order valence-corrected chi connectivity index (χ0v) is 22.4. The van der Waals surface area contributed by atoms with Crippen molar-refractivity contribution in [2.45, 2.75) is 24.7 Å². The highest BCUT2D eigenvalue weighted by Gasteiger charge is 2.33. The Morgan fingerprint density at radius 3 is 2.41 bits per heavy atom. The van der Waals surface area contributed by atoms with Crippen molar-refractivity contribution in [3.05, 3.63) is 75.3 Å². The maximum atomic E-state index is 13.1. The summed E-state index contributed by atoms with van der Waals surface area (Å²) in [4.78, 5) is 17.2. The number of aromatic nitrogens is 1. The number of nitrogens with one attached hydrogen (secondary N) is 1. The van der Waals surface area contributed by atoms with Gasteiger partial charge in [0.2, 0.25) is 21.8 Å². The summed E-state index contributed by atoms with van der Waals surface area (Å²) in [6.07, 6.45) is 2.43. The van der Waals surface area contributed by atoms with Gasteiger partial charge in [-0.05, 0) is 72.1 Å². The Morgan fingerprint density at radius 1 is 1.06 bits per heavy atom. The van der Waals surface area contributed by atoms with Gasteiger partial charge in [-0.25, -0.2) is 13.4 Å². The van der Waals surface area contributed by atoms with Crippen molar-refractivity contribution < 1.29 is 17.9 Å². The number of ether oxygens (including phenoxy) is 1. The van der Waals surface area contributed by atoms with E-state index >= 15 is 0 Å². The fourth-order valence-corrected chi connectivity index (χ4v) is 6.59. The number of benzene rings is 2. The Bertz CT molecular complexity index is 1270. The third-order valence-electron chi connectivity index (χ3n) is 5.58. The van der Waals surface area contributed by atoms with Crippen molar-refractivity contribution in [1.29, 1.82) is 0 Å². The molecular formula is C24H23Br2N3O4S. The van der Waals surface area contributed by atoms with Gasteiger partial charge in [-0.2, -0.15) is 4.31 Å². The fourth-order valence-electron chi connectivity index (χ4n) is 3.66. The number of halogens is 2. The van der Waals surface area contributed by atoms with Crippen LogP contribution in [0.1, 0.15) is 18.4 Å². The van der Waals surface area contributed by atoms with E-state index in [1.54, 1.807) is 36.5 Å². The van der Waals surface area contributed by atoms with Crippen molar-refractivity contribution in [1.82, 2.24) is 9.29 Å². The lowest BCUT2D eigenvalue weighted by Gasteiger charge is -2.30. The number of aryl methyl sites for hydroxylation is 1. The zero-order valence-electron chi connectivity index (χ0n) is 18.4. The van der Waals surface area contributed by atoms with Crippen LogP contribution in [0.4, 0.5) is 5.69 Å². The first kappa shape index (κ1) is 24.8. The first-order valence-corrected chi connectivity index (χ1v) is 13.7. The van der Waals surface area contributed by atoms with Crippen LogP contribution in [0.3, 0.4) is 0 Å². The van der Waals surface area contributed by atoms with Gasteiger partial charge < -0.3 is 10.1 Å². The minimum atomic E-state index is -3.66. The molecule has 1 N–H and O–H groups in total. The Balaban J connectivity index is 1.33. The van der Waals surface area contributed by atoms with E-state index in [2.05, 4.69) is 42.2 Å². The molecule has 178 valence electrons. The second kappa shape index (κ2) is 10.6. The van der Waals surface area contributed by atoms with E-state index in [0.717, 1.165) is 5.56 Å². The van der Waals surface area contributed by atoms with E-state index < -0.39 is 10.0 Å². The summed E-state index contributed by atoms with van der Waals surface area (Å²) in [5, 5.41) is 2.87. The number of sulfonamides is 1. The number of amides is 1. The topological polar surface area (TPSA) is 88.6 Å². The lowest BCUT2D eigenvalue weighted by molar-refractivity contribution is -0.120. The van der Waals surface area contributed by atoms with E-state index in [1.807, 2.05) is 31.2 Å². The van der Waals surface area contributed by atoms with Gasteiger partial charge in [0, 0.05) is 34.0 Å². The maximum absolute atomic E-state index is 13.1. The molecule has 1 fully saturated rings. The Hall–Kier alpha value is -2.27. The Kier molecular flexibility index (Phi) is 7.71. The number of carbonyl (C=O) groups is 1. The van der Waals surface area contributed by atoms with Crippen LogP contribution >= 0.6 is 31.9 Å². The molecule has 4 rings (SSSR count). The summed E-state index contributed by atoms with van der Waals surface area (Å²) >= 11 is 6.65. The number of anilines is 1. The molecule has 1 aliphatic heterocycles. The molecule has 0 radical (unpaired) electrons. The lowest BCUT2D eigenvalue weighted by atomic mass is 9.97. The number of piperidine rings is 1. The van der Waals surface area contributed by atoms with Crippen molar-refractivity contribution in [3.8, 4) is 11.6 Å². The predicted molar refractivity (Wildman–Crippen MR) is 137 cm³/mol. The van der Waals surface area contributed by atoms with Gasteiger partial charge in [-0.1, -0.05) is 33.6 Å². The lowest BCUT2D eigenvalue weighted by Crippen LogP contribution is -2.41. The summed E-state index contributed by atoms with van der Waals surface area (Å²) in [5.41, 5.74) is 1.71. The smallest absolute Gasteiger partial charge is 0.244 e. The van der Waals surface area contributed by atoms with Gasteiger partial charge in [-0.15, -0.1) is 0 Å². The molecule has 3 aromatic rings. The minimum absolute atomic E-state index is 0.144. The largest absolute Gasteiger partial charge is 0.439 e. The normalized spacial score (nSPS) is 15.1. The zero-order chi connectivity index (χ0) is 24.3. The van der Waals surface area contributed by atoms with Crippen LogP contribution in [-0.2, 0) is 14.8 Å². The van der Waals surface area contributed by atoms with Gasteiger partial charge in [0.25, 0.3) is 0 Å². The van der Waals surface area contributed by atoms with Gasteiger partial charge in [0.15, 0.2) is 0 Å². The van der Waals surface area contributed by atoms with E-state index in [4.69, 9.17) is 4.74 Å². The molecule has 34 heavy (non-hydrogen) atoms. The van der Waals surface area contributed by atoms with E-state index in [1.165, 1.54) is 4.31 Å². The highest BCUT2D eigenvalue weighted by molar-refractivity contribution is 9.11. The number of hydrogen-bond donors (Lipinski definition) is 1. The quantitative estimate of drug-likeness (QED) is 0.385. The van der Waals surface area contributed by atoms with Gasteiger partial charge in [-0.3, -0.25) is 4.79 Å². The first-order chi connectivity index (χ1) is 16.2. The summed E-state index contributed by atoms with van der Waals surface area (Å²) in [6, 6.07) is 16.1. The van der Waals surface area contributed by atoms with Crippen LogP contribution < -0.4 is 10.1 Å². The maximum Gasteiger partial charge on any atom is 0.244 e. The molecule has 1 aromatic heterocycles. The Morgan fingerprint density at radius 2 is 1.76 bits per heavy atom. The number of rotatable bonds is 6. The average molecular weight is 609 g/mol. The van der Waals surface area contributed by atoms with Crippen molar-refractivity contribution in [2.75, 3.05) is 18.4 Å². The molecule has 0 spiro atoms. The monoisotopic (exact) mass is 607 g/mol. The predicted octanol–water partition coefficient (Wildman–Crippen LogP) is 5.75. The molecule has 10 heteroatoms. The van der Waals surface area contributed by atoms with E-state index in [-0.39, 0.29) is 29.8 Å². The van der Waals surface area contributed by atoms with E-state index in [9.17, 15) is 13.2 Å². The van der Waals surface area contributed by atoms with E-state index in [0.29, 0.717) is 39.1 Å². The average Bonchev–Trinajstić information content (AvgIpc) is 2.83. The van der Waals surface area contributed by atoms with Crippen LogP contribution in [0.2, 0.25) is 0 Å². The van der Waals surface area contributed by atoms with Crippen molar-refractivity contribution >= 4 is 53.5 Å². The third-order valence-corrected chi connectivity index (χ3v) is 8.97. The second-order valence-electron chi connectivity index (χ2n) is 8.04. The fraction of sp³-hybridized carbons (Fsp3) is 0.250. The molecule has 0 atom stereocenters. The molecule has 2 aromatic carbocycles. The SMILES string of the molecule is Cc1ccc(Oc2ccc(NC(=O)C3CCN(S(=O)(=O)c4cc(Br)ccc4Br)CC3)cn2)cc1. The van der Waals surface area contributed by atoms with Crippen molar-refractivity contribution in [2.24, 2.45) is 5.92 Å². The Labute approximate surface area is 215 Å². The number of hydrogen-bond acceptors (Lipinski definition) is 5. The van der Waals surface area contributed by atoms with Crippen LogP contribution in [0.15, 0.2) is 74.6 Å². The molecule has 2 heterocycles. The molecule has 7 nitrogen and oxygen atoms in total. The molecule has 0 saturated carbocycles. The number of pyridine rings is 1. The van der Waals surface area contributed by atoms with Crippen LogP contribution in [0, 0.1) is 12.8 Å². The molecule has 0 unspecified atom stereocenters. The molecule has 1 amide bonds.